The van der Waals surface area contributed by atoms with Crippen LogP contribution in [0.1, 0.15) is 0 Å². The number of nitrogens with zero attached hydrogens (tertiary/aromatic N) is 2. The summed E-state index contributed by atoms with van der Waals surface area (Å²) >= 11 is 3.96. The third-order valence-corrected chi connectivity index (χ3v) is 1.10. The van der Waals surface area contributed by atoms with Crippen molar-refractivity contribution in [2.24, 2.45) is 0 Å². The second-order valence-electron chi connectivity index (χ2n) is 1.18. The highest BCUT2D eigenvalue weighted by Gasteiger charge is 1.83. The van der Waals surface area contributed by atoms with Gasteiger partial charge in [-0.05, 0) is 9.39 Å². The molecule has 0 saturated heterocycles. The lowest BCUT2D eigenvalue weighted by Crippen LogP contribution is -1.63. The average molecular weight is 132 g/mol. The monoisotopic (exact) mass is 132 g/mol. The van der Waals surface area contributed by atoms with Crippen LogP contribution in [0.2, 0.25) is 0 Å². The lowest BCUT2D eigenvalue weighted by atomic mass is 11.0. The summed E-state index contributed by atoms with van der Waals surface area (Å²) in [6, 6.07) is 0. The summed E-state index contributed by atoms with van der Waals surface area (Å²) in [6.07, 6.45) is 3.47. The molecule has 0 saturated carbocycles. The Morgan fingerprint density at radius 3 is 2.71 bits per heavy atom. The van der Waals surface area contributed by atoms with Crippen LogP contribution in [0.15, 0.2) is 17.6 Å². The molecule has 1 rings (SSSR count). The molecule has 0 spiro atoms. The number of thiol groups is 1. The molecule has 4 heteroatoms. The number of hydrogen-bond donors (Lipinski definition) is 1. The van der Waals surface area contributed by atoms with Gasteiger partial charge in [0.15, 0.2) is 0 Å². The Bertz CT molecular complexity index is 145. The van der Waals surface area contributed by atoms with E-state index in [0.29, 0.717) is 0 Å². The van der Waals surface area contributed by atoms with Crippen LogP contribution in [0.3, 0.4) is 0 Å². The third-order valence-electron chi connectivity index (χ3n) is 0.588. The molecule has 0 fully saturated rings. The number of imidazole rings is 1. The smallest absolute Gasteiger partial charge is 0.111 e. The molecule has 1 heterocycles. The molecule has 1 aromatic rings. The minimum Gasteiger partial charge on any atom is -0.321 e. The maximum Gasteiger partial charge on any atom is 0.111 e. The molecule has 1 aromatic heterocycles. The SMILES string of the molecule is Pn1cnc(S)c1. The first kappa shape index (κ1) is 5.13. The Morgan fingerprint density at radius 1 is 1.86 bits per heavy atom. The van der Waals surface area contributed by atoms with Gasteiger partial charge >= 0.3 is 0 Å². The van der Waals surface area contributed by atoms with Gasteiger partial charge in [-0.1, -0.05) is 0 Å². The van der Waals surface area contributed by atoms with Crippen molar-refractivity contribution in [3.05, 3.63) is 12.5 Å². The fraction of sp³-hybridized carbons (Fsp3) is 0. The highest BCUT2D eigenvalue weighted by atomic mass is 32.1. The summed E-state index contributed by atoms with van der Waals surface area (Å²) < 4.78 is 1.77. The standard InChI is InChI=1S/C3H5N2PS/c6-5-1-3(7)4-2-5/h1-2,7H,6H2. The molecule has 1 atom stereocenters. The Kier molecular flexibility index (Phi) is 1.35. The third kappa shape index (κ3) is 1.18. The first-order valence-corrected chi connectivity index (χ1v) is 2.73. The molecule has 1 unspecified atom stereocenters. The van der Waals surface area contributed by atoms with E-state index in [-0.39, 0.29) is 0 Å². The molecule has 2 nitrogen and oxygen atoms in total. The van der Waals surface area contributed by atoms with Crippen molar-refractivity contribution < 1.29 is 0 Å². The van der Waals surface area contributed by atoms with Crippen molar-refractivity contribution in [2.45, 2.75) is 5.03 Å². The van der Waals surface area contributed by atoms with Gasteiger partial charge < -0.3 is 4.34 Å². The summed E-state index contributed by atoms with van der Waals surface area (Å²) in [4.78, 5) is 3.82. The van der Waals surface area contributed by atoms with E-state index in [1.165, 1.54) is 0 Å². The van der Waals surface area contributed by atoms with E-state index in [1.54, 1.807) is 16.9 Å². The molecule has 0 aromatic carbocycles. The van der Waals surface area contributed by atoms with E-state index in [2.05, 4.69) is 27.0 Å². The van der Waals surface area contributed by atoms with Crippen molar-refractivity contribution in [2.75, 3.05) is 0 Å². The van der Waals surface area contributed by atoms with E-state index in [0.717, 1.165) is 5.03 Å². The van der Waals surface area contributed by atoms with Crippen LogP contribution in [0.4, 0.5) is 0 Å². The summed E-state index contributed by atoms with van der Waals surface area (Å²) in [5.41, 5.74) is 0. The summed E-state index contributed by atoms with van der Waals surface area (Å²) in [5.74, 6) is 0. The first-order valence-electron chi connectivity index (χ1n) is 1.77. The molecule has 0 amide bonds. The largest absolute Gasteiger partial charge is 0.321 e. The predicted molar refractivity (Wildman–Crippen MR) is 34.6 cm³/mol. The highest BCUT2D eigenvalue weighted by Crippen LogP contribution is 2.01. The van der Waals surface area contributed by atoms with E-state index >= 15 is 0 Å². The van der Waals surface area contributed by atoms with Crippen LogP contribution in [0.5, 0.6) is 0 Å². The van der Waals surface area contributed by atoms with E-state index in [1.807, 2.05) is 0 Å². The lowest BCUT2D eigenvalue weighted by molar-refractivity contribution is 1.20. The molecule has 0 aliphatic heterocycles. The summed E-state index contributed by atoms with van der Waals surface area (Å²) in [7, 11) is 2.46. The van der Waals surface area contributed by atoms with E-state index in [4.69, 9.17) is 0 Å². The van der Waals surface area contributed by atoms with Gasteiger partial charge in [0.25, 0.3) is 0 Å². The van der Waals surface area contributed by atoms with Crippen molar-refractivity contribution in [1.29, 1.82) is 0 Å². The molecule has 0 aliphatic rings. The molecule has 7 heavy (non-hydrogen) atoms. The summed E-state index contributed by atoms with van der Waals surface area (Å²) in [5, 5.41) is 0.745. The van der Waals surface area contributed by atoms with Gasteiger partial charge in [-0.3, -0.25) is 0 Å². The highest BCUT2D eigenvalue weighted by molar-refractivity contribution is 7.80. The van der Waals surface area contributed by atoms with Gasteiger partial charge in [0.1, 0.15) is 5.03 Å². The van der Waals surface area contributed by atoms with Crippen molar-refractivity contribution in [3.8, 4) is 0 Å². The van der Waals surface area contributed by atoms with Crippen LogP contribution >= 0.6 is 22.0 Å². The molecular weight excluding hydrogens is 127 g/mol. The Balaban J connectivity index is 3.04. The Labute approximate surface area is 49.6 Å². The zero-order chi connectivity index (χ0) is 5.28. The van der Waals surface area contributed by atoms with Gasteiger partial charge in [-0.15, -0.1) is 12.6 Å². The van der Waals surface area contributed by atoms with Gasteiger partial charge in [0, 0.05) is 6.20 Å². The van der Waals surface area contributed by atoms with Gasteiger partial charge in [-0.2, -0.15) is 0 Å². The topological polar surface area (TPSA) is 17.8 Å². The predicted octanol–water partition coefficient (Wildman–Crippen LogP) is 0.810. The number of aromatic nitrogens is 2. The fourth-order valence-electron chi connectivity index (χ4n) is 0.326. The first-order chi connectivity index (χ1) is 3.29. The van der Waals surface area contributed by atoms with Gasteiger partial charge in [0.05, 0.1) is 6.33 Å². The van der Waals surface area contributed by atoms with Crippen LogP contribution < -0.4 is 0 Å². The minimum absolute atomic E-state index is 0.745. The maximum absolute atomic E-state index is 3.96. The van der Waals surface area contributed by atoms with Crippen molar-refractivity contribution in [1.82, 2.24) is 9.32 Å². The van der Waals surface area contributed by atoms with Crippen LogP contribution in [-0.4, -0.2) is 9.32 Å². The number of rotatable bonds is 0. The van der Waals surface area contributed by atoms with Gasteiger partial charge in [-0.25, -0.2) is 4.98 Å². The van der Waals surface area contributed by atoms with Crippen LogP contribution in [-0.2, 0) is 0 Å². The summed E-state index contributed by atoms with van der Waals surface area (Å²) in [6.45, 7) is 0. The van der Waals surface area contributed by atoms with Crippen molar-refractivity contribution >= 4 is 22.0 Å². The van der Waals surface area contributed by atoms with E-state index in [9.17, 15) is 0 Å². The normalized spacial score (nSPS) is 9.43. The molecule has 0 aliphatic carbocycles. The lowest BCUT2D eigenvalue weighted by Gasteiger charge is -1.77. The maximum atomic E-state index is 3.96. The quantitative estimate of drug-likeness (QED) is 0.408. The molecule has 0 bridgehead atoms. The van der Waals surface area contributed by atoms with E-state index < -0.39 is 0 Å². The van der Waals surface area contributed by atoms with Gasteiger partial charge in [0.2, 0.25) is 0 Å². The molecular formula is C3H5N2PS. The molecule has 38 valence electrons. The average Bonchev–Trinajstić information content (AvgIpc) is 1.87. The zero-order valence-electron chi connectivity index (χ0n) is 3.57. The second-order valence-corrected chi connectivity index (χ2v) is 2.23. The fourth-order valence-corrected chi connectivity index (χ4v) is 0.844. The molecule has 0 radical (unpaired) electrons. The van der Waals surface area contributed by atoms with Crippen molar-refractivity contribution in [3.63, 3.8) is 0 Å². The number of hydrogen-bond acceptors (Lipinski definition) is 2. The minimum atomic E-state index is 0.745. The second kappa shape index (κ2) is 1.85. The Morgan fingerprint density at radius 2 is 2.57 bits per heavy atom. The van der Waals surface area contributed by atoms with Crippen LogP contribution in [0.25, 0.3) is 0 Å². The zero-order valence-corrected chi connectivity index (χ0v) is 5.62. The molecule has 0 N–H and O–H groups in total. The van der Waals surface area contributed by atoms with Crippen LogP contribution in [0, 0.1) is 0 Å². The Hall–Kier alpha value is -0.0100.